The molecule has 0 aromatic heterocycles. The van der Waals surface area contributed by atoms with Gasteiger partial charge in [0.25, 0.3) is 5.91 Å². The van der Waals surface area contributed by atoms with Gasteiger partial charge < -0.3 is 21.1 Å². The van der Waals surface area contributed by atoms with Crippen molar-refractivity contribution in [1.82, 2.24) is 15.5 Å². The molecule has 34 heavy (non-hydrogen) atoms. The highest BCUT2D eigenvalue weighted by atomic mass is 16.6. The topological polar surface area (TPSA) is 131 Å². The number of nitrogens with one attached hydrogen (secondary N) is 2. The molecule has 9 nitrogen and oxygen atoms in total. The lowest BCUT2D eigenvalue weighted by molar-refractivity contribution is -0.139. The molecule has 0 heterocycles. The van der Waals surface area contributed by atoms with Gasteiger partial charge in [-0.1, -0.05) is 43.5 Å². The minimum atomic E-state index is -1.42. The number of primary amides is 1. The van der Waals surface area contributed by atoms with E-state index in [0.717, 1.165) is 28.9 Å². The van der Waals surface area contributed by atoms with Gasteiger partial charge in [0.05, 0.1) is 6.42 Å². The van der Waals surface area contributed by atoms with Crippen LogP contribution in [0.25, 0.3) is 0 Å². The van der Waals surface area contributed by atoms with E-state index in [1.807, 2.05) is 26.0 Å². The Morgan fingerprint density at radius 2 is 1.85 bits per heavy atom. The smallest absolute Gasteiger partial charge is 0.408 e. The van der Waals surface area contributed by atoms with E-state index in [0.29, 0.717) is 12.1 Å². The average molecular weight is 473 g/mol. The largest absolute Gasteiger partial charge is 0.444 e. The lowest BCUT2D eigenvalue weighted by atomic mass is 9.96. The molecule has 0 radical (unpaired) electrons. The number of nitrogens with two attached hydrogens (primary N) is 1. The van der Waals surface area contributed by atoms with Crippen LogP contribution < -0.4 is 16.4 Å². The summed E-state index contributed by atoms with van der Waals surface area (Å²) in [5.41, 5.74) is 6.64. The maximum absolute atomic E-state index is 13.5. The third-order valence-corrected chi connectivity index (χ3v) is 4.84. The Morgan fingerprint density at radius 3 is 2.38 bits per heavy atom. The van der Waals surface area contributed by atoms with Crippen LogP contribution in [0.3, 0.4) is 0 Å². The van der Waals surface area contributed by atoms with Crippen molar-refractivity contribution in [1.29, 1.82) is 0 Å². The maximum atomic E-state index is 13.5. The van der Waals surface area contributed by atoms with Gasteiger partial charge >= 0.3 is 6.09 Å². The second kappa shape index (κ2) is 12.6. The number of nitrogens with zero attached hydrogens (tertiary/aromatic N) is 1. The molecule has 2 unspecified atom stereocenters. The summed E-state index contributed by atoms with van der Waals surface area (Å²) in [6, 6.07) is 5.17. The highest BCUT2D eigenvalue weighted by Gasteiger charge is 2.37. The number of carbonyl (C=O) groups excluding carboxylic acids is 4. The predicted molar refractivity (Wildman–Crippen MR) is 129 cm³/mol. The number of unbranched alkanes of at least 4 members (excludes halogenated alkanes) is 1. The minimum Gasteiger partial charge on any atom is -0.444 e. The van der Waals surface area contributed by atoms with Gasteiger partial charge in [-0.2, -0.15) is 0 Å². The Hall–Kier alpha value is -3.54. The highest BCUT2D eigenvalue weighted by molar-refractivity contribution is 5.95. The summed E-state index contributed by atoms with van der Waals surface area (Å²) in [6.07, 6.45) is 5.89. The Kier molecular flexibility index (Phi) is 10.6. The summed E-state index contributed by atoms with van der Waals surface area (Å²) in [6.45, 7) is 11.0. The molecule has 0 saturated heterocycles. The van der Waals surface area contributed by atoms with Gasteiger partial charge in [0.2, 0.25) is 11.8 Å². The van der Waals surface area contributed by atoms with E-state index in [-0.39, 0.29) is 0 Å². The minimum absolute atomic E-state index is 0.407. The van der Waals surface area contributed by atoms with Crippen LogP contribution in [-0.2, 0) is 19.1 Å². The molecule has 186 valence electrons. The zero-order valence-corrected chi connectivity index (χ0v) is 20.9. The van der Waals surface area contributed by atoms with Gasteiger partial charge in [-0.15, -0.1) is 0 Å². The Balaban J connectivity index is 3.42. The number of carbonyl (C=O) groups is 4. The standard InChI is InChI=1S/C25H36N4O5/c1-8-10-13-27-22(31)21(18-14-16(3)11-12-17(18)4)29(9-2)23(32)19(15-20(26)30)28-24(33)34-25(5,6)7/h2,11-12,14,19,21H,8,10,13,15H2,1,3-7H3,(H2,26,30)(H,27,31)(H,28,33). The van der Waals surface area contributed by atoms with Gasteiger partial charge in [0, 0.05) is 12.6 Å². The summed E-state index contributed by atoms with van der Waals surface area (Å²) in [4.78, 5) is 51.6. The molecule has 1 rings (SSSR count). The van der Waals surface area contributed by atoms with E-state index in [2.05, 4.69) is 16.7 Å². The fraction of sp³-hybridized carbons (Fsp3) is 0.520. The molecular formula is C25H36N4O5. The van der Waals surface area contributed by atoms with Gasteiger partial charge in [-0.3, -0.25) is 19.3 Å². The van der Waals surface area contributed by atoms with Crippen LogP contribution in [0.1, 0.15) is 69.7 Å². The van der Waals surface area contributed by atoms with Crippen molar-refractivity contribution in [3.05, 3.63) is 34.9 Å². The fourth-order valence-electron chi connectivity index (χ4n) is 3.22. The van der Waals surface area contributed by atoms with Crippen LogP contribution in [0.5, 0.6) is 0 Å². The second-order valence-electron chi connectivity index (χ2n) is 9.11. The fourth-order valence-corrected chi connectivity index (χ4v) is 3.22. The normalized spacial score (nSPS) is 12.6. The van der Waals surface area contributed by atoms with E-state index in [1.165, 1.54) is 0 Å². The predicted octanol–water partition coefficient (Wildman–Crippen LogP) is 2.45. The molecule has 0 bridgehead atoms. The molecule has 0 fully saturated rings. The highest BCUT2D eigenvalue weighted by Crippen LogP contribution is 2.26. The number of benzene rings is 1. The first-order chi connectivity index (χ1) is 15.8. The third-order valence-electron chi connectivity index (χ3n) is 4.84. The van der Waals surface area contributed by atoms with E-state index >= 15 is 0 Å². The monoisotopic (exact) mass is 472 g/mol. The van der Waals surface area contributed by atoms with Crippen LogP contribution in [0, 0.1) is 26.3 Å². The van der Waals surface area contributed by atoms with Crippen molar-refractivity contribution in [2.75, 3.05) is 6.54 Å². The van der Waals surface area contributed by atoms with Gasteiger partial charge in [0.1, 0.15) is 17.7 Å². The molecule has 9 heteroatoms. The van der Waals surface area contributed by atoms with Crippen LogP contribution in [-0.4, -0.2) is 46.9 Å². The van der Waals surface area contributed by atoms with Crippen LogP contribution in [0.15, 0.2) is 18.2 Å². The van der Waals surface area contributed by atoms with E-state index in [9.17, 15) is 19.2 Å². The van der Waals surface area contributed by atoms with Crippen LogP contribution in [0.2, 0.25) is 0 Å². The zero-order chi connectivity index (χ0) is 26.1. The summed E-state index contributed by atoms with van der Waals surface area (Å²) >= 11 is 0. The number of alkyl carbamates (subject to hydrolysis) is 1. The first kappa shape index (κ1) is 28.5. The first-order valence-electron chi connectivity index (χ1n) is 11.2. The lowest BCUT2D eigenvalue weighted by Crippen LogP contribution is -2.52. The number of terminal acetylenes is 1. The molecule has 1 aromatic rings. The number of hydrogen-bond acceptors (Lipinski definition) is 5. The Labute approximate surface area is 201 Å². The van der Waals surface area contributed by atoms with Gasteiger partial charge in [-0.05, 0) is 52.2 Å². The SMILES string of the molecule is C#CN(C(=O)C(CC(N)=O)NC(=O)OC(C)(C)C)C(C(=O)NCCCC)c1cc(C)ccc1C. The summed E-state index contributed by atoms with van der Waals surface area (Å²) in [7, 11) is 0. The molecule has 0 spiro atoms. The van der Waals surface area contributed by atoms with Crippen LogP contribution in [0.4, 0.5) is 4.79 Å². The molecule has 1 aromatic carbocycles. The molecule has 2 atom stereocenters. The Morgan fingerprint density at radius 1 is 1.21 bits per heavy atom. The van der Waals surface area contributed by atoms with E-state index < -0.39 is 47.9 Å². The third kappa shape index (κ3) is 8.77. The number of amides is 4. The number of rotatable bonds is 10. The van der Waals surface area contributed by atoms with Crippen molar-refractivity contribution >= 4 is 23.8 Å². The summed E-state index contributed by atoms with van der Waals surface area (Å²) in [5, 5.41) is 5.18. The summed E-state index contributed by atoms with van der Waals surface area (Å²) < 4.78 is 5.20. The van der Waals surface area contributed by atoms with Crippen molar-refractivity contribution in [3.63, 3.8) is 0 Å². The zero-order valence-electron chi connectivity index (χ0n) is 20.9. The lowest BCUT2D eigenvalue weighted by Gasteiger charge is -2.31. The van der Waals surface area contributed by atoms with Crippen molar-refractivity contribution < 1.29 is 23.9 Å². The molecule has 0 aliphatic heterocycles. The first-order valence-corrected chi connectivity index (χ1v) is 11.2. The quantitative estimate of drug-likeness (QED) is 0.273. The molecular weight excluding hydrogens is 436 g/mol. The van der Waals surface area contributed by atoms with E-state index in [1.54, 1.807) is 33.8 Å². The average Bonchev–Trinajstić information content (AvgIpc) is 2.71. The van der Waals surface area contributed by atoms with Crippen molar-refractivity contribution in [3.8, 4) is 12.5 Å². The van der Waals surface area contributed by atoms with Crippen molar-refractivity contribution in [2.24, 2.45) is 5.73 Å². The molecule has 0 saturated carbocycles. The van der Waals surface area contributed by atoms with Gasteiger partial charge in [-0.25, -0.2) is 4.79 Å². The van der Waals surface area contributed by atoms with Crippen molar-refractivity contribution in [2.45, 2.75) is 78.5 Å². The number of hydrogen-bond donors (Lipinski definition) is 3. The molecule has 0 aliphatic rings. The molecule has 4 N–H and O–H groups in total. The maximum Gasteiger partial charge on any atom is 0.408 e. The van der Waals surface area contributed by atoms with E-state index in [4.69, 9.17) is 16.9 Å². The Bertz CT molecular complexity index is 946. The number of aryl methyl sites for hydroxylation is 2. The summed E-state index contributed by atoms with van der Waals surface area (Å²) in [5.74, 6) is -2.13. The van der Waals surface area contributed by atoms with Crippen LogP contribution >= 0.6 is 0 Å². The van der Waals surface area contributed by atoms with Gasteiger partial charge in [0.15, 0.2) is 0 Å². The molecule has 0 aliphatic carbocycles. The number of ether oxygens (including phenoxy) is 1. The second-order valence-corrected chi connectivity index (χ2v) is 9.11. The molecule has 4 amide bonds.